The first-order valence-corrected chi connectivity index (χ1v) is 10.4. The van der Waals surface area contributed by atoms with Crippen molar-refractivity contribution in [3.63, 3.8) is 0 Å². The Hall–Kier alpha value is -1.64. The molecule has 146 valence electrons. The fourth-order valence-electron chi connectivity index (χ4n) is 2.91. The Morgan fingerprint density at radius 2 is 2.00 bits per heavy atom. The van der Waals surface area contributed by atoms with E-state index >= 15 is 0 Å². The molecule has 8 heteroatoms. The zero-order chi connectivity index (χ0) is 19.2. The lowest BCUT2D eigenvalue weighted by Gasteiger charge is -2.32. The first-order chi connectivity index (χ1) is 12.3. The van der Waals surface area contributed by atoms with Crippen LogP contribution in [0.25, 0.3) is 0 Å². The van der Waals surface area contributed by atoms with Crippen LogP contribution in [0.2, 0.25) is 0 Å². The van der Waals surface area contributed by atoms with E-state index in [1.165, 1.54) is 28.3 Å². The van der Waals surface area contributed by atoms with Crippen LogP contribution in [-0.2, 0) is 21.4 Å². The third-order valence-corrected chi connectivity index (χ3v) is 6.45. The zero-order valence-corrected chi connectivity index (χ0v) is 16.6. The van der Waals surface area contributed by atoms with Crippen molar-refractivity contribution in [2.24, 2.45) is 5.92 Å². The molecule has 1 fully saturated rings. The summed E-state index contributed by atoms with van der Waals surface area (Å²) in [7, 11) is -0.465. The van der Waals surface area contributed by atoms with Gasteiger partial charge in [0.1, 0.15) is 12.4 Å². The van der Waals surface area contributed by atoms with Gasteiger partial charge in [-0.05, 0) is 37.0 Å². The summed E-state index contributed by atoms with van der Waals surface area (Å²) in [6.45, 7) is 3.56. The quantitative estimate of drug-likeness (QED) is 0.686. The lowest BCUT2D eigenvalue weighted by molar-refractivity contribution is -0.126. The van der Waals surface area contributed by atoms with E-state index in [0.717, 1.165) is 12.2 Å². The Morgan fingerprint density at radius 3 is 2.62 bits per heavy atom. The molecule has 0 aliphatic carbocycles. The second-order valence-corrected chi connectivity index (χ2v) is 8.77. The third-order valence-electron chi connectivity index (χ3n) is 4.54. The van der Waals surface area contributed by atoms with E-state index in [1.807, 2.05) is 24.3 Å². The lowest BCUT2D eigenvalue weighted by Crippen LogP contribution is -2.49. The third kappa shape index (κ3) is 5.43. The highest BCUT2D eigenvalue weighted by molar-refractivity contribution is 7.86. The highest BCUT2D eigenvalue weighted by atomic mass is 32.2. The number of rotatable bonds is 8. The molecule has 0 radical (unpaired) electrons. The molecule has 1 aromatic rings. The molecule has 1 aromatic carbocycles. The summed E-state index contributed by atoms with van der Waals surface area (Å²) in [6.07, 6.45) is 2.37. The smallest absolute Gasteiger partial charge is 0.281 e. The molecule has 1 aliphatic heterocycles. The van der Waals surface area contributed by atoms with E-state index in [1.54, 1.807) is 0 Å². The van der Waals surface area contributed by atoms with E-state index in [0.29, 0.717) is 32.5 Å². The van der Waals surface area contributed by atoms with E-state index in [9.17, 15) is 13.2 Å². The Bertz CT molecular complexity index is 689. The van der Waals surface area contributed by atoms with Gasteiger partial charge in [0.05, 0.1) is 12.5 Å². The Labute approximate surface area is 156 Å². The van der Waals surface area contributed by atoms with Crippen LogP contribution < -0.4 is 10.1 Å². The number of carbonyl (C=O) groups is 1. The van der Waals surface area contributed by atoms with Crippen molar-refractivity contribution in [3.8, 4) is 5.75 Å². The normalized spacial score (nSPS) is 18.7. The van der Waals surface area contributed by atoms with Gasteiger partial charge in [-0.2, -0.15) is 17.0 Å². The van der Waals surface area contributed by atoms with E-state index < -0.39 is 10.2 Å². The second-order valence-electron chi connectivity index (χ2n) is 6.62. The van der Waals surface area contributed by atoms with Gasteiger partial charge in [-0.25, -0.2) is 0 Å². The van der Waals surface area contributed by atoms with Crippen molar-refractivity contribution in [3.05, 3.63) is 29.8 Å². The number of benzene rings is 1. The molecule has 1 amide bonds. The van der Waals surface area contributed by atoms with Crippen LogP contribution >= 0.6 is 0 Å². The van der Waals surface area contributed by atoms with Crippen molar-refractivity contribution in [2.45, 2.75) is 26.2 Å². The molecular weight excluding hydrogens is 354 g/mol. The summed E-state index contributed by atoms with van der Waals surface area (Å²) in [6, 6.07) is 7.89. The number of ether oxygens (including phenoxy) is 1. The molecule has 1 atom stereocenters. The molecule has 1 N–H and O–H groups in total. The van der Waals surface area contributed by atoms with Crippen LogP contribution in [0.5, 0.6) is 5.75 Å². The van der Waals surface area contributed by atoms with Crippen molar-refractivity contribution < 1.29 is 17.9 Å². The predicted octanol–water partition coefficient (Wildman–Crippen LogP) is 1.26. The number of nitrogens with zero attached hydrogens (tertiary/aromatic N) is 2. The number of amides is 1. The van der Waals surface area contributed by atoms with Crippen molar-refractivity contribution >= 4 is 16.1 Å². The van der Waals surface area contributed by atoms with Gasteiger partial charge in [-0.3, -0.25) is 4.79 Å². The topological polar surface area (TPSA) is 79.0 Å². The molecule has 1 saturated heterocycles. The van der Waals surface area contributed by atoms with Crippen LogP contribution in [0.15, 0.2) is 24.3 Å². The molecule has 0 unspecified atom stereocenters. The molecular formula is C18H29N3O4S. The molecule has 1 heterocycles. The van der Waals surface area contributed by atoms with Crippen LogP contribution in [0, 0.1) is 5.92 Å². The summed E-state index contributed by atoms with van der Waals surface area (Å²) < 4.78 is 32.6. The number of piperidine rings is 1. The van der Waals surface area contributed by atoms with Gasteiger partial charge in [-0.15, -0.1) is 0 Å². The summed E-state index contributed by atoms with van der Waals surface area (Å²) in [5.41, 5.74) is 1.25. The predicted molar refractivity (Wildman–Crippen MR) is 101 cm³/mol. The summed E-state index contributed by atoms with van der Waals surface area (Å²) >= 11 is 0. The second kappa shape index (κ2) is 9.34. The van der Waals surface area contributed by atoms with E-state index in [-0.39, 0.29) is 18.4 Å². The summed E-state index contributed by atoms with van der Waals surface area (Å²) in [4.78, 5) is 12.3. The average Bonchev–Trinajstić information content (AvgIpc) is 2.65. The molecule has 1 aliphatic rings. The molecule has 0 bridgehead atoms. The Morgan fingerprint density at radius 1 is 1.31 bits per heavy atom. The van der Waals surface area contributed by atoms with Crippen LogP contribution in [0.3, 0.4) is 0 Å². The number of hydrogen-bond donors (Lipinski definition) is 1. The lowest BCUT2D eigenvalue weighted by atomic mass is 9.99. The molecule has 7 nitrogen and oxygen atoms in total. The first-order valence-electron chi connectivity index (χ1n) is 9.01. The molecule has 0 saturated carbocycles. The maximum Gasteiger partial charge on any atom is 0.281 e. The maximum atomic E-state index is 12.3. The van der Waals surface area contributed by atoms with Gasteiger partial charge in [0.25, 0.3) is 10.2 Å². The van der Waals surface area contributed by atoms with Crippen molar-refractivity contribution in [2.75, 3.05) is 40.3 Å². The van der Waals surface area contributed by atoms with Crippen molar-refractivity contribution in [1.29, 1.82) is 0 Å². The standard InChI is InChI=1S/C18H29N3O4S/c1-4-15-7-9-17(10-8-15)25-13-11-19-18(22)16-6-5-12-21(14-16)26(23,24)20(2)3/h7-10,16H,4-6,11-14H2,1-3H3,(H,19,22)/t16-/m1/s1. The largest absolute Gasteiger partial charge is 0.492 e. The fourth-order valence-corrected chi connectivity index (χ4v) is 4.10. The summed E-state index contributed by atoms with van der Waals surface area (Å²) in [5, 5.41) is 2.85. The van der Waals surface area contributed by atoms with Gasteiger partial charge in [0.15, 0.2) is 0 Å². The van der Waals surface area contributed by atoms with E-state index in [4.69, 9.17) is 4.74 Å². The highest BCUT2D eigenvalue weighted by Crippen LogP contribution is 2.20. The van der Waals surface area contributed by atoms with Gasteiger partial charge in [0.2, 0.25) is 5.91 Å². The Balaban J connectivity index is 1.76. The number of aryl methyl sites for hydroxylation is 1. The van der Waals surface area contributed by atoms with E-state index in [2.05, 4.69) is 12.2 Å². The Kier molecular flexibility index (Phi) is 7.43. The van der Waals surface area contributed by atoms with Gasteiger partial charge >= 0.3 is 0 Å². The van der Waals surface area contributed by atoms with Crippen LogP contribution in [-0.4, -0.2) is 63.3 Å². The minimum absolute atomic E-state index is 0.117. The van der Waals surface area contributed by atoms with Gasteiger partial charge in [0, 0.05) is 27.2 Å². The molecule has 2 rings (SSSR count). The highest BCUT2D eigenvalue weighted by Gasteiger charge is 2.33. The monoisotopic (exact) mass is 383 g/mol. The fraction of sp³-hybridized carbons (Fsp3) is 0.611. The van der Waals surface area contributed by atoms with Gasteiger partial charge < -0.3 is 10.1 Å². The number of nitrogens with one attached hydrogen (secondary N) is 1. The summed E-state index contributed by atoms with van der Waals surface area (Å²) in [5.74, 6) is 0.341. The molecule has 0 spiro atoms. The maximum absolute atomic E-state index is 12.3. The van der Waals surface area contributed by atoms with Gasteiger partial charge in [-0.1, -0.05) is 19.1 Å². The SMILES string of the molecule is CCc1ccc(OCCNC(=O)[C@@H]2CCCN(S(=O)(=O)N(C)C)C2)cc1. The average molecular weight is 384 g/mol. The molecule has 26 heavy (non-hydrogen) atoms. The number of hydrogen-bond acceptors (Lipinski definition) is 4. The van der Waals surface area contributed by atoms with Crippen LogP contribution in [0.1, 0.15) is 25.3 Å². The van der Waals surface area contributed by atoms with Crippen molar-refractivity contribution in [1.82, 2.24) is 13.9 Å². The van der Waals surface area contributed by atoms with Crippen LogP contribution in [0.4, 0.5) is 0 Å². The zero-order valence-electron chi connectivity index (χ0n) is 15.8. The molecule has 0 aromatic heterocycles. The minimum atomic E-state index is -3.47. The first kappa shape index (κ1) is 20.7. The number of carbonyl (C=O) groups excluding carboxylic acids is 1. The minimum Gasteiger partial charge on any atom is -0.492 e.